The first kappa shape index (κ1) is 48.1. The van der Waals surface area contributed by atoms with E-state index in [1.165, 1.54) is 26.2 Å². The molecule has 0 rings (SSSR count). The summed E-state index contributed by atoms with van der Waals surface area (Å²) in [6.45, 7) is 27.5. The van der Waals surface area contributed by atoms with Crippen molar-refractivity contribution in [2.75, 3.05) is 26.2 Å². The van der Waals surface area contributed by atoms with E-state index in [2.05, 4.69) is 70.1 Å². The summed E-state index contributed by atoms with van der Waals surface area (Å²) >= 11 is 4.44. The molecule has 0 fully saturated rings. The minimum absolute atomic E-state index is 0.0133. The molecular weight excluding hydrogens is 528 g/mol. The van der Waals surface area contributed by atoms with Crippen molar-refractivity contribution >= 4 is 36.6 Å². The molecule has 0 bridgehead atoms. The Hall–Kier alpha value is -1.65. The second-order valence-electron chi connectivity index (χ2n) is 10.4. The van der Waals surface area contributed by atoms with Crippen molar-refractivity contribution in [2.24, 2.45) is 17.6 Å². The number of carbonyl (C=O) groups excluding carboxylic acids is 4. The lowest BCUT2D eigenvalue weighted by Crippen LogP contribution is -2.46. The number of thiol groups is 1. The fourth-order valence-electron chi connectivity index (χ4n) is 1.76. The van der Waals surface area contributed by atoms with Crippen LogP contribution in [0.1, 0.15) is 116 Å². The van der Waals surface area contributed by atoms with Crippen molar-refractivity contribution < 1.29 is 23.9 Å². The molecule has 3 amide bonds. The molecular formula is C30H66N4O5S. The Balaban J connectivity index is -0.000000151. The number of hydrogen-bond donors (Lipinski definition) is 5. The smallest absolute Gasteiger partial charge is 0.239 e. The van der Waals surface area contributed by atoms with E-state index in [0.29, 0.717) is 25.4 Å². The van der Waals surface area contributed by atoms with Gasteiger partial charge in [-0.15, -0.1) is 0 Å². The van der Waals surface area contributed by atoms with E-state index < -0.39 is 4.75 Å². The molecule has 0 heterocycles. The number of unbranched alkanes of at least 4 members (excludes halogenated alkanes) is 1. The van der Waals surface area contributed by atoms with Crippen LogP contribution in [0.2, 0.25) is 0 Å². The lowest BCUT2D eigenvalue weighted by atomic mass is 10.0. The maximum Gasteiger partial charge on any atom is 0.239 e. The van der Waals surface area contributed by atoms with Crippen LogP contribution < -0.4 is 21.7 Å². The molecule has 0 saturated heterocycles. The maximum atomic E-state index is 12.0. The van der Waals surface area contributed by atoms with Crippen LogP contribution in [0.3, 0.4) is 0 Å². The minimum Gasteiger partial charge on any atom is -0.379 e. The van der Waals surface area contributed by atoms with Gasteiger partial charge in [0, 0.05) is 12.6 Å². The topological polar surface area (TPSA) is 140 Å². The zero-order chi connectivity index (χ0) is 32.7. The van der Waals surface area contributed by atoms with Crippen LogP contribution in [0.4, 0.5) is 0 Å². The highest BCUT2D eigenvalue weighted by atomic mass is 32.1. The number of carbonyl (C=O) groups is 4. The summed E-state index contributed by atoms with van der Waals surface area (Å²) in [5, 5.41) is 7.46. The SMILES string of the molecule is CC.CC(=O)CNC(=O)CNC=O.CC(C)OCCC(C)(S)C(=O)NC(C)C(C)C.CCC(C)C.CCCCN. The fraction of sp³-hybridized carbons (Fsp3) is 0.867. The highest BCUT2D eigenvalue weighted by molar-refractivity contribution is 7.82. The van der Waals surface area contributed by atoms with Gasteiger partial charge in [-0.1, -0.05) is 68.2 Å². The highest BCUT2D eigenvalue weighted by Gasteiger charge is 2.30. The number of ether oxygens (including phenoxy) is 1. The molecule has 242 valence electrons. The number of hydrogen-bond acceptors (Lipinski definition) is 7. The van der Waals surface area contributed by atoms with E-state index in [9.17, 15) is 19.2 Å². The Morgan fingerprint density at radius 3 is 1.80 bits per heavy atom. The van der Waals surface area contributed by atoms with E-state index in [-0.39, 0.29) is 42.8 Å². The summed E-state index contributed by atoms with van der Waals surface area (Å²) in [6.07, 6.45) is 4.92. The Morgan fingerprint density at radius 2 is 1.50 bits per heavy atom. The number of Topliss-reactive ketones (excluding diaryl/α,β-unsaturated/α-hetero) is 1. The van der Waals surface area contributed by atoms with Crippen LogP contribution in [0.5, 0.6) is 0 Å². The number of ketones is 1. The van der Waals surface area contributed by atoms with Crippen molar-refractivity contribution in [3.05, 3.63) is 0 Å². The van der Waals surface area contributed by atoms with Crippen LogP contribution in [0, 0.1) is 11.8 Å². The van der Waals surface area contributed by atoms with Gasteiger partial charge < -0.3 is 26.4 Å². The Labute approximate surface area is 252 Å². The van der Waals surface area contributed by atoms with Crippen LogP contribution in [-0.2, 0) is 23.9 Å². The number of rotatable bonds is 15. The van der Waals surface area contributed by atoms with Gasteiger partial charge in [-0.05, 0) is 65.8 Å². The van der Waals surface area contributed by atoms with Gasteiger partial charge in [0.05, 0.1) is 23.9 Å². The molecule has 0 radical (unpaired) electrons. The van der Waals surface area contributed by atoms with E-state index in [0.717, 1.165) is 12.5 Å². The molecule has 0 aliphatic heterocycles. The van der Waals surface area contributed by atoms with Gasteiger partial charge in [0.15, 0.2) is 0 Å². The van der Waals surface area contributed by atoms with Crippen molar-refractivity contribution in [3.63, 3.8) is 0 Å². The zero-order valence-electron chi connectivity index (χ0n) is 28.1. The largest absolute Gasteiger partial charge is 0.379 e. The summed E-state index contributed by atoms with van der Waals surface area (Å²) < 4.78 is 4.78. The summed E-state index contributed by atoms with van der Waals surface area (Å²) in [5.41, 5.74) is 5.14. The lowest BCUT2D eigenvalue weighted by Gasteiger charge is -2.27. The third kappa shape index (κ3) is 43.4. The minimum atomic E-state index is -0.669. The van der Waals surface area contributed by atoms with Gasteiger partial charge in [-0.3, -0.25) is 19.2 Å². The zero-order valence-corrected chi connectivity index (χ0v) is 29.0. The standard InChI is InChI=1S/C13H27NO2S.C6H10N2O3.C5H12.C4H11N.C2H6/c1-9(2)11(5)14-12(15)13(6,17)7-8-16-10(3)4;1-5(10)2-8-6(11)3-7-4-9;1-4-5(2)3;1-2-3-4-5;1-2/h9-11,17H,7-8H2,1-6H3,(H,14,15);4H,2-3H2,1H3,(H,7,9)(H,8,11);5H,4H2,1-3H3;2-5H2,1H3;1-2H3. The number of nitrogens with two attached hydrogens (primary N) is 1. The second kappa shape index (κ2) is 33.6. The summed E-state index contributed by atoms with van der Waals surface area (Å²) in [6, 6.07) is 0.167. The van der Waals surface area contributed by atoms with Gasteiger partial charge in [-0.2, -0.15) is 12.6 Å². The molecule has 2 atom stereocenters. The molecule has 0 aromatic heterocycles. The molecule has 2 unspecified atom stereocenters. The molecule has 9 nitrogen and oxygen atoms in total. The first-order chi connectivity index (χ1) is 18.5. The maximum absolute atomic E-state index is 12.0. The molecule has 10 heteroatoms. The summed E-state index contributed by atoms with van der Waals surface area (Å²) in [4.78, 5) is 42.6. The monoisotopic (exact) mass is 594 g/mol. The molecule has 0 aromatic carbocycles. The third-order valence-electron chi connectivity index (χ3n) is 5.14. The normalized spacial score (nSPS) is 11.9. The molecule has 0 saturated carbocycles. The molecule has 5 N–H and O–H groups in total. The van der Waals surface area contributed by atoms with Crippen molar-refractivity contribution in [2.45, 2.75) is 133 Å². The van der Waals surface area contributed by atoms with E-state index >= 15 is 0 Å². The van der Waals surface area contributed by atoms with Crippen LogP contribution in [0.15, 0.2) is 0 Å². The highest BCUT2D eigenvalue weighted by Crippen LogP contribution is 2.20. The Morgan fingerprint density at radius 1 is 1.00 bits per heavy atom. The number of amides is 3. The van der Waals surface area contributed by atoms with E-state index in [1.54, 1.807) is 0 Å². The molecule has 40 heavy (non-hydrogen) atoms. The van der Waals surface area contributed by atoms with Crippen molar-refractivity contribution in [3.8, 4) is 0 Å². The average molecular weight is 595 g/mol. The van der Waals surface area contributed by atoms with Gasteiger partial charge >= 0.3 is 0 Å². The molecule has 0 aliphatic carbocycles. The second-order valence-corrected chi connectivity index (χ2v) is 11.4. The van der Waals surface area contributed by atoms with Gasteiger partial charge in [0.1, 0.15) is 5.78 Å². The Bertz CT molecular complexity index is 599. The van der Waals surface area contributed by atoms with Crippen LogP contribution in [0.25, 0.3) is 0 Å². The fourth-order valence-corrected chi connectivity index (χ4v) is 1.92. The predicted octanol–water partition coefficient (Wildman–Crippen LogP) is 4.91. The number of nitrogens with one attached hydrogen (secondary N) is 3. The quantitative estimate of drug-likeness (QED) is 0.135. The predicted molar refractivity (Wildman–Crippen MR) is 174 cm³/mol. The molecule has 0 aromatic rings. The first-order valence-electron chi connectivity index (χ1n) is 14.8. The van der Waals surface area contributed by atoms with E-state index in [1.807, 2.05) is 41.5 Å². The van der Waals surface area contributed by atoms with Gasteiger partial charge in [0.2, 0.25) is 18.2 Å². The summed E-state index contributed by atoms with van der Waals surface area (Å²) in [5.74, 6) is 0.802. The van der Waals surface area contributed by atoms with Gasteiger partial charge in [-0.25, -0.2) is 0 Å². The molecule has 0 aliphatic rings. The lowest BCUT2D eigenvalue weighted by molar-refractivity contribution is -0.124. The average Bonchev–Trinajstić information content (AvgIpc) is 2.88. The Kier molecular flexibility index (Phi) is 40.4. The van der Waals surface area contributed by atoms with Gasteiger partial charge in [0.25, 0.3) is 0 Å². The van der Waals surface area contributed by atoms with Crippen LogP contribution in [-0.4, -0.2) is 67.1 Å². The summed E-state index contributed by atoms with van der Waals surface area (Å²) in [7, 11) is 0. The van der Waals surface area contributed by atoms with E-state index in [4.69, 9.17) is 10.5 Å². The van der Waals surface area contributed by atoms with Crippen molar-refractivity contribution in [1.82, 2.24) is 16.0 Å². The first-order valence-corrected chi connectivity index (χ1v) is 15.2. The van der Waals surface area contributed by atoms with Crippen molar-refractivity contribution in [1.29, 1.82) is 0 Å². The molecule has 0 spiro atoms. The van der Waals surface area contributed by atoms with Crippen LogP contribution >= 0.6 is 12.6 Å². The third-order valence-corrected chi connectivity index (χ3v) is 5.57.